The van der Waals surface area contributed by atoms with Gasteiger partial charge in [-0.2, -0.15) is 0 Å². The Hall–Kier alpha value is -0.520. The van der Waals surface area contributed by atoms with Crippen molar-refractivity contribution in [3.63, 3.8) is 0 Å². The molecule has 2 aromatic rings. The van der Waals surface area contributed by atoms with Crippen LogP contribution in [0.2, 0.25) is 0 Å². The monoisotopic (exact) mass is 432 g/mol. The van der Waals surface area contributed by atoms with Crippen LogP contribution in [0.1, 0.15) is 18.6 Å². The molecule has 3 nitrogen and oxygen atoms in total. The summed E-state index contributed by atoms with van der Waals surface area (Å²) >= 11 is 3.46. The van der Waals surface area contributed by atoms with Gasteiger partial charge in [-0.05, 0) is 56.1 Å². The van der Waals surface area contributed by atoms with Crippen LogP contribution in [0.5, 0.6) is 0 Å². The van der Waals surface area contributed by atoms with E-state index in [4.69, 9.17) is 4.42 Å². The maximum Gasteiger partial charge on any atom is 0.134 e. The lowest BCUT2D eigenvalue weighted by molar-refractivity contribution is 0.0711. The fraction of sp³-hybridized carbons (Fsp3) is 0.444. The molecule has 1 unspecified atom stereocenters. The van der Waals surface area contributed by atoms with Gasteiger partial charge in [0.25, 0.3) is 0 Å². The van der Waals surface area contributed by atoms with E-state index in [1.807, 2.05) is 12.1 Å². The second-order valence-corrected chi connectivity index (χ2v) is 7.31. The SMILES string of the molecule is Brc1ccc(-c2ccc(CNC3CN4CCC3CC4)o2)cc1.Cl.Cl. The predicted molar refractivity (Wildman–Crippen MR) is 106 cm³/mol. The smallest absolute Gasteiger partial charge is 0.134 e. The molecule has 0 aliphatic carbocycles. The van der Waals surface area contributed by atoms with Gasteiger partial charge in [0.15, 0.2) is 0 Å². The van der Waals surface area contributed by atoms with Crippen molar-refractivity contribution >= 4 is 40.7 Å². The topological polar surface area (TPSA) is 28.4 Å². The van der Waals surface area contributed by atoms with Gasteiger partial charge in [-0.1, -0.05) is 28.1 Å². The number of nitrogens with one attached hydrogen (secondary N) is 1. The van der Waals surface area contributed by atoms with Gasteiger partial charge >= 0.3 is 0 Å². The third-order valence-electron chi connectivity index (χ3n) is 4.99. The molecule has 0 radical (unpaired) electrons. The van der Waals surface area contributed by atoms with Gasteiger partial charge in [0.1, 0.15) is 11.5 Å². The van der Waals surface area contributed by atoms with Crippen molar-refractivity contribution < 1.29 is 4.42 Å². The lowest BCUT2D eigenvalue weighted by Gasteiger charge is -2.45. The highest BCUT2D eigenvalue weighted by Gasteiger charge is 2.33. The van der Waals surface area contributed by atoms with Gasteiger partial charge in [-0.15, -0.1) is 24.8 Å². The highest BCUT2D eigenvalue weighted by Crippen LogP contribution is 2.28. The third-order valence-corrected chi connectivity index (χ3v) is 5.51. The fourth-order valence-corrected chi connectivity index (χ4v) is 3.93. The molecule has 24 heavy (non-hydrogen) atoms. The molecule has 5 rings (SSSR count). The van der Waals surface area contributed by atoms with E-state index in [0.717, 1.165) is 34.0 Å². The molecule has 1 N–H and O–H groups in total. The molecule has 1 atom stereocenters. The molecule has 4 heterocycles. The summed E-state index contributed by atoms with van der Waals surface area (Å²) in [5.41, 5.74) is 1.12. The van der Waals surface area contributed by atoms with Crippen LogP contribution in [-0.2, 0) is 6.54 Å². The Balaban J connectivity index is 0.00000104. The summed E-state index contributed by atoms with van der Waals surface area (Å²) in [5.74, 6) is 2.82. The zero-order valence-electron chi connectivity index (χ0n) is 13.4. The van der Waals surface area contributed by atoms with E-state index < -0.39 is 0 Å². The van der Waals surface area contributed by atoms with E-state index in [2.05, 4.69) is 50.4 Å². The Morgan fingerprint density at radius 1 is 1.04 bits per heavy atom. The van der Waals surface area contributed by atoms with Crippen molar-refractivity contribution in [2.75, 3.05) is 19.6 Å². The standard InChI is InChI=1S/C18H21BrN2O.2ClH/c19-15-3-1-14(2-4-15)18-6-5-16(22-18)11-20-17-12-21-9-7-13(17)8-10-21;;/h1-6,13,17,20H,7-12H2;2*1H. The van der Waals surface area contributed by atoms with Crippen LogP contribution in [0.25, 0.3) is 11.3 Å². The number of hydrogen-bond donors (Lipinski definition) is 1. The van der Waals surface area contributed by atoms with Crippen LogP contribution in [0.4, 0.5) is 0 Å². The zero-order valence-corrected chi connectivity index (χ0v) is 16.6. The molecule has 3 aliphatic heterocycles. The normalized spacial score (nSPS) is 25.0. The highest BCUT2D eigenvalue weighted by molar-refractivity contribution is 9.10. The molecule has 0 amide bonds. The lowest BCUT2D eigenvalue weighted by atomic mass is 9.84. The van der Waals surface area contributed by atoms with E-state index in [-0.39, 0.29) is 24.8 Å². The van der Waals surface area contributed by atoms with Crippen molar-refractivity contribution in [1.29, 1.82) is 0 Å². The summed E-state index contributed by atoms with van der Waals surface area (Å²) in [5, 5.41) is 3.70. The fourth-order valence-electron chi connectivity index (χ4n) is 3.67. The Bertz CT molecular complexity index is 639. The molecule has 6 heteroatoms. The van der Waals surface area contributed by atoms with Crippen LogP contribution in [0.3, 0.4) is 0 Å². The molecule has 0 saturated carbocycles. The van der Waals surface area contributed by atoms with E-state index in [0.29, 0.717) is 6.04 Å². The molecule has 1 aromatic carbocycles. The lowest BCUT2D eigenvalue weighted by Crippen LogP contribution is -2.55. The number of fused-ring (bicyclic) bond motifs is 3. The van der Waals surface area contributed by atoms with Crippen molar-refractivity contribution in [1.82, 2.24) is 10.2 Å². The number of piperidine rings is 3. The maximum atomic E-state index is 5.99. The number of halogens is 3. The first-order chi connectivity index (χ1) is 10.8. The number of benzene rings is 1. The van der Waals surface area contributed by atoms with Crippen molar-refractivity contribution in [2.24, 2.45) is 5.92 Å². The van der Waals surface area contributed by atoms with Crippen LogP contribution < -0.4 is 5.32 Å². The number of hydrogen-bond acceptors (Lipinski definition) is 3. The second kappa shape index (κ2) is 8.72. The van der Waals surface area contributed by atoms with Crippen LogP contribution >= 0.6 is 40.7 Å². The molecular formula is C18H23BrCl2N2O. The van der Waals surface area contributed by atoms with Gasteiger partial charge in [0.05, 0.1) is 6.54 Å². The number of nitrogens with zero attached hydrogens (tertiary/aromatic N) is 1. The maximum absolute atomic E-state index is 5.99. The number of rotatable bonds is 4. The molecule has 1 aromatic heterocycles. The molecular weight excluding hydrogens is 411 g/mol. The van der Waals surface area contributed by atoms with Gasteiger partial charge in [0, 0.05) is 22.6 Å². The number of furan rings is 1. The summed E-state index contributed by atoms with van der Waals surface area (Å²) in [6.07, 6.45) is 2.69. The van der Waals surface area contributed by atoms with Gasteiger partial charge < -0.3 is 14.6 Å². The van der Waals surface area contributed by atoms with Crippen molar-refractivity contribution in [3.05, 3.63) is 46.6 Å². The first-order valence-electron chi connectivity index (χ1n) is 8.08. The van der Waals surface area contributed by atoms with Crippen LogP contribution in [0.15, 0.2) is 45.3 Å². The molecule has 3 aliphatic rings. The molecule has 132 valence electrons. The van der Waals surface area contributed by atoms with Gasteiger partial charge in [-0.3, -0.25) is 0 Å². The predicted octanol–water partition coefficient (Wildman–Crippen LogP) is 4.74. The minimum atomic E-state index is 0. The zero-order chi connectivity index (χ0) is 14.9. The first-order valence-corrected chi connectivity index (χ1v) is 8.87. The molecule has 0 spiro atoms. The Morgan fingerprint density at radius 2 is 1.75 bits per heavy atom. The Labute approximate surface area is 164 Å². The Kier molecular flexibility index (Phi) is 7.20. The molecule has 3 fully saturated rings. The quantitative estimate of drug-likeness (QED) is 0.754. The minimum Gasteiger partial charge on any atom is -0.460 e. The summed E-state index contributed by atoms with van der Waals surface area (Å²) in [6, 6.07) is 13.0. The van der Waals surface area contributed by atoms with Gasteiger partial charge in [0.2, 0.25) is 0 Å². The third kappa shape index (κ3) is 4.36. The average Bonchev–Trinajstić information content (AvgIpc) is 3.04. The van der Waals surface area contributed by atoms with Crippen molar-refractivity contribution in [3.8, 4) is 11.3 Å². The summed E-state index contributed by atoms with van der Waals surface area (Å²) in [6.45, 7) is 4.60. The van der Waals surface area contributed by atoms with E-state index in [9.17, 15) is 0 Å². The molecule has 2 bridgehead atoms. The first kappa shape index (κ1) is 19.8. The molecule has 3 saturated heterocycles. The Morgan fingerprint density at radius 3 is 2.38 bits per heavy atom. The average molecular weight is 434 g/mol. The van der Waals surface area contributed by atoms with Gasteiger partial charge in [-0.25, -0.2) is 0 Å². The minimum absolute atomic E-state index is 0. The van der Waals surface area contributed by atoms with E-state index in [1.165, 1.54) is 32.5 Å². The largest absolute Gasteiger partial charge is 0.460 e. The summed E-state index contributed by atoms with van der Waals surface area (Å²) in [4.78, 5) is 2.58. The highest BCUT2D eigenvalue weighted by atomic mass is 79.9. The second-order valence-electron chi connectivity index (χ2n) is 6.40. The summed E-state index contributed by atoms with van der Waals surface area (Å²) in [7, 11) is 0. The van der Waals surface area contributed by atoms with Crippen LogP contribution in [-0.4, -0.2) is 30.6 Å². The summed E-state index contributed by atoms with van der Waals surface area (Å²) < 4.78 is 7.08. The van der Waals surface area contributed by atoms with Crippen LogP contribution in [0, 0.1) is 5.92 Å². The van der Waals surface area contributed by atoms with E-state index in [1.54, 1.807) is 0 Å². The van der Waals surface area contributed by atoms with E-state index >= 15 is 0 Å². The van der Waals surface area contributed by atoms with Crippen molar-refractivity contribution in [2.45, 2.75) is 25.4 Å².